The lowest BCUT2D eigenvalue weighted by atomic mass is 10.1. The molecule has 1 aliphatic rings. The van der Waals surface area contributed by atoms with E-state index in [4.69, 9.17) is 4.74 Å². The zero-order valence-electron chi connectivity index (χ0n) is 16.3. The van der Waals surface area contributed by atoms with Crippen LogP contribution in [0, 0.1) is 10.1 Å². The Balaban J connectivity index is 1.64. The first kappa shape index (κ1) is 19.4. The van der Waals surface area contributed by atoms with Gasteiger partial charge in [-0.05, 0) is 35.9 Å². The number of nitrogens with zero attached hydrogens (tertiary/aromatic N) is 3. The van der Waals surface area contributed by atoms with Gasteiger partial charge in [0.15, 0.2) is 6.61 Å². The maximum atomic E-state index is 13.1. The third-order valence-electron chi connectivity index (χ3n) is 5.05. The van der Waals surface area contributed by atoms with Gasteiger partial charge in [0.1, 0.15) is 12.3 Å². The van der Waals surface area contributed by atoms with Crippen molar-refractivity contribution in [2.45, 2.75) is 6.92 Å². The highest BCUT2D eigenvalue weighted by atomic mass is 16.6. The van der Waals surface area contributed by atoms with Crippen LogP contribution in [0.2, 0.25) is 0 Å². The molecular formula is C22H19N3O5. The van der Waals surface area contributed by atoms with Crippen LogP contribution in [-0.4, -0.2) is 36.4 Å². The van der Waals surface area contributed by atoms with Gasteiger partial charge in [-0.1, -0.05) is 30.3 Å². The second-order valence-corrected chi connectivity index (χ2v) is 6.85. The third kappa shape index (κ3) is 3.55. The van der Waals surface area contributed by atoms with Crippen molar-refractivity contribution >= 4 is 39.6 Å². The van der Waals surface area contributed by atoms with Crippen LogP contribution in [0.3, 0.4) is 0 Å². The summed E-state index contributed by atoms with van der Waals surface area (Å²) in [4.78, 5) is 39.0. The molecule has 8 nitrogen and oxygen atoms in total. The summed E-state index contributed by atoms with van der Waals surface area (Å²) in [6.07, 6.45) is 0. The molecule has 0 fully saturated rings. The van der Waals surface area contributed by atoms with Crippen molar-refractivity contribution < 1.29 is 19.2 Å². The predicted molar refractivity (Wildman–Crippen MR) is 113 cm³/mol. The lowest BCUT2D eigenvalue weighted by Gasteiger charge is -2.31. The molecule has 0 aromatic heterocycles. The van der Waals surface area contributed by atoms with E-state index in [9.17, 15) is 19.7 Å². The summed E-state index contributed by atoms with van der Waals surface area (Å²) in [6, 6.07) is 17.6. The Labute approximate surface area is 172 Å². The molecule has 0 bridgehead atoms. The van der Waals surface area contributed by atoms with Crippen LogP contribution in [0.4, 0.5) is 17.1 Å². The van der Waals surface area contributed by atoms with E-state index in [1.807, 2.05) is 49.4 Å². The van der Waals surface area contributed by atoms with E-state index in [0.717, 1.165) is 16.5 Å². The van der Waals surface area contributed by atoms with E-state index in [1.54, 1.807) is 4.90 Å². The van der Waals surface area contributed by atoms with Crippen LogP contribution >= 0.6 is 0 Å². The van der Waals surface area contributed by atoms with E-state index in [2.05, 4.69) is 0 Å². The minimum Gasteiger partial charge on any atom is -0.482 e. The van der Waals surface area contributed by atoms with Crippen LogP contribution < -0.4 is 14.5 Å². The molecule has 2 amide bonds. The molecule has 1 aliphatic heterocycles. The highest BCUT2D eigenvalue weighted by molar-refractivity contribution is 6.06. The van der Waals surface area contributed by atoms with Crippen molar-refractivity contribution in [1.29, 1.82) is 0 Å². The molecule has 0 atom stereocenters. The Bertz CT molecular complexity index is 1160. The number of rotatable bonds is 5. The van der Waals surface area contributed by atoms with Gasteiger partial charge < -0.3 is 9.64 Å². The highest BCUT2D eigenvalue weighted by Crippen LogP contribution is 2.35. The Morgan fingerprint density at radius 1 is 1.13 bits per heavy atom. The van der Waals surface area contributed by atoms with Crippen LogP contribution in [-0.2, 0) is 9.59 Å². The van der Waals surface area contributed by atoms with Gasteiger partial charge >= 0.3 is 0 Å². The van der Waals surface area contributed by atoms with Gasteiger partial charge in [-0.3, -0.25) is 24.6 Å². The number of hydrogen-bond acceptors (Lipinski definition) is 5. The maximum Gasteiger partial charge on any atom is 0.271 e. The first-order chi connectivity index (χ1) is 14.5. The number of nitro benzene ring substituents is 1. The minimum absolute atomic E-state index is 0.175. The van der Waals surface area contributed by atoms with Crippen LogP contribution in [0.25, 0.3) is 10.8 Å². The van der Waals surface area contributed by atoms with Crippen molar-refractivity contribution in [2.24, 2.45) is 0 Å². The lowest BCUT2D eigenvalue weighted by Crippen LogP contribution is -2.46. The van der Waals surface area contributed by atoms with E-state index in [0.29, 0.717) is 12.3 Å². The fourth-order valence-corrected chi connectivity index (χ4v) is 3.55. The molecule has 8 heteroatoms. The first-order valence-electron chi connectivity index (χ1n) is 9.48. The molecular weight excluding hydrogens is 386 g/mol. The summed E-state index contributed by atoms with van der Waals surface area (Å²) in [5, 5.41) is 13.2. The number of carbonyl (C=O) groups excluding carboxylic acids is 2. The topological polar surface area (TPSA) is 93.0 Å². The molecule has 0 aliphatic carbocycles. The Hall–Kier alpha value is -3.94. The molecule has 0 radical (unpaired) electrons. The molecule has 3 aromatic carbocycles. The van der Waals surface area contributed by atoms with Gasteiger partial charge in [-0.15, -0.1) is 0 Å². The minimum atomic E-state index is -0.549. The van der Waals surface area contributed by atoms with Crippen molar-refractivity contribution in [1.82, 2.24) is 0 Å². The van der Waals surface area contributed by atoms with Gasteiger partial charge in [0.25, 0.3) is 11.6 Å². The molecule has 0 unspecified atom stereocenters. The van der Waals surface area contributed by atoms with E-state index < -0.39 is 10.8 Å². The molecule has 1 heterocycles. The molecule has 152 valence electrons. The normalized spacial score (nSPS) is 13.0. The molecule has 0 spiro atoms. The molecule has 4 rings (SSSR count). The molecule has 30 heavy (non-hydrogen) atoms. The summed E-state index contributed by atoms with van der Waals surface area (Å²) < 4.78 is 5.36. The highest BCUT2D eigenvalue weighted by Gasteiger charge is 2.30. The third-order valence-corrected chi connectivity index (χ3v) is 5.05. The molecule has 0 N–H and O–H groups in total. The van der Waals surface area contributed by atoms with Crippen LogP contribution in [0.5, 0.6) is 5.75 Å². The molecule has 0 saturated heterocycles. The van der Waals surface area contributed by atoms with Gasteiger partial charge in [0.2, 0.25) is 5.91 Å². The Morgan fingerprint density at radius 2 is 1.90 bits per heavy atom. The Morgan fingerprint density at radius 3 is 2.63 bits per heavy atom. The summed E-state index contributed by atoms with van der Waals surface area (Å²) in [5.74, 6) is -0.381. The number of anilines is 2. The fourth-order valence-electron chi connectivity index (χ4n) is 3.55. The molecule has 3 aromatic rings. The number of carbonyl (C=O) groups is 2. The monoisotopic (exact) mass is 405 g/mol. The standard InChI is InChI=1S/C22H19N3O5/c1-2-23(17-8-7-15-5-3-4-6-16(15)11-17)21(26)13-24-19-12-18(25(28)29)9-10-20(19)30-14-22(24)27/h3-12H,2,13-14H2,1H3. The number of nitro groups is 1. The summed E-state index contributed by atoms with van der Waals surface area (Å²) >= 11 is 0. The predicted octanol–water partition coefficient (Wildman–Crippen LogP) is 3.53. The summed E-state index contributed by atoms with van der Waals surface area (Å²) in [7, 11) is 0. The van der Waals surface area contributed by atoms with Crippen molar-refractivity contribution in [3.8, 4) is 5.75 Å². The second-order valence-electron chi connectivity index (χ2n) is 6.85. The number of likely N-dealkylation sites (N-methyl/N-ethyl adjacent to an activating group) is 1. The average Bonchev–Trinajstić information content (AvgIpc) is 2.75. The number of hydrogen-bond donors (Lipinski definition) is 0. The number of ether oxygens (including phenoxy) is 1. The summed E-state index contributed by atoms with van der Waals surface area (Å²) in [5.41, 5.74) is 0.774. The largest absolute Gasteiger partial charge is 0.482 e. The smallest absolute Gasteiger partial charge is 0.271 e. The van der Waals surface area contributed by atoms with E-state index in [1.165, 1.54) is 23.1 Å². The van der Waals surface area contributed by atoms with Gasteiger partial charge in [0, 0.05) is 24.4 Å². The van der Waals surface area contributed by atoms with Crippen LogP contribution in [0.1, 0.15) is 6.92 Å². The lowest BCUT2D eigenvalue weighted by molar-refractivity contribution is -0.384. The SMILES string of the molecule is CCN(C(=O)CN1C(=O)COc2ccc([N+](=O)[O-])cc21)c1ccc2ccccc2c1. The fraction of sp³-hybridized carbons (Fsp3) is 0.182. The van der Waals surface area contributed by atoms with Crippen molar-refractivity contribution in [3.63, 3.8) is 0 Å². The number of amides is 2. The van der Waals surface area contributed by atoms with Crippen molar-refractivity contribution in [2.75, 3.05) is 29.5 Å². The van der Waals surface area contributed by atoms with Gasteiger partial charge in [0.05, 0.1) is 10.6 Å². The zero-order chi connectivity index (χ0) is 21.3. The number of non-ortho nitro benzene ring substituents is 1. The van der Waals surface area contributed by atoms with Crippen molar-refractivity contribution in [3.05, 3.63) is 70.8 Å². The zero-order valence-corrected chi connectivity index (χ0v) is 16.3. The van der Waals surface area contributed by atoms with Gasteiger partial charge in [-0.2, -0.15) is 0 Å². The van der Waals surface area contributed by atoms with E-state index in [-0.39, 0.29) is 30.4 Å². The average molecular weight is 405 g/mol. The first-order valence-corrected chi connectivity index (χ1v) is 9.48. The van der Waals surface area contributed by atoms with E-state index >= 15 is 0 Å². The van der Waals surface area contributed by atoms with Gasteiger partial charge in [-0.25, -0.2) is 0 Å². The second kappa shape index (κ2) is 7.82. The molecule has 0 saturated carbocycles. The Kier molecular flexibility index (Phi) is 5.05. The quantitative estimate of drug-likeness (QED) is 0.478. The number of benzene rings is 3. The maximum absolute atomic E-state index is 13.1. The summed E-state index contributed by atoms with van der Waals surface area (Å²) in [6.45, 7) is 1.81. The number of fused-ring (bicyclic) bond motifs is 2. The van der Waals surface area contributed by atoms with Crippen LogP contribution in [0.15, 0.2) is 60.7 Å².